The molecule has 1 aromatic rings. The lowest BCUT2D eigenvalue weighted by Gasteiger charge is -2.28. The van der Waals surface area contributed by atoms with Gasteiger partial charge in [-0.1, -0.05) is 25.7 Å². The van der Waals surface area contributed by atoms with E-state index in [9.17, 15) is 0 Å². The van der Waals surface area contributed by atoms with Gasteiger partial charge in [-0.15, -0.1) is 0 Å². The van der Waals surface area contributed by atoms with Crippen LogP contribution in [0.15, 0.2) is 12.4 Å². The smallest absolute Gasteiger partial charge is 0.134 e. The van der Waals surface area contributed by atoms with Gasteiger partial charge in [-0.05, 0) is 12.8 Å². The van der Waals surface area contributed by atoms with Crippen molar-refractivity contribution in [2.75, 3.05) is 17.7 Å². The van der Waals surface area contributed by atoms with Crippen LogP contribution >= 0.6 is 0 Å². The van der Waals surface area contributed by atoms with E-state index in [0.29, 0.717) is 11.9 Å². The molecule has 0 amide bonds. The summed E-state index contributed by atoms with van der Waals surface area (Å²) in [5, 5.41) is 0. The summed E-state index contributed by atoms with van der Waals surface area (Å²) in [6, 6.07) is 2.46. The van der Waals surface area contributed by atoms with E-state index in [2.05, 4.69) is 21.9 Å². The number of anilines is 2. The lowest BCUT2D eigenvalue weighted by atomic mass is 10.1. The van der Waals surface area contributed by atoms with Crippen molar-refractivity contribution in [2.24, 2.45) is 0 Å². The predicted molar refractivity (Wildman–Crippen MR) is 66.3 cm³/mol. The number of aromatic nitrogens is 2. The molecule has 0 aromatic carbocycles. The van der Waals surface area contributed by atoms with Gasteiger partial charge in [0, 0.05) is 19.2 Å². The predicted octanol–water partition coefficient (Wildman–Crippen LogP) is 2.22. The van der Waals surface area contributed by atoms with E-state index in [0.717, 1.165) is 5.82 Å². The first-order valence-electron chi connectivity index (χ1n) is 6.08. The van der Waals surface area contributed by atoms with Crippen molar-refractivity contribution in [1.82, 2.24) is 9.97 Å². The molecule has 2 N–H and O–H groups in total. The van der Waals surface area contributed by atoms with Crippen molar-refractivity contribution in [3.05, 3.63) is 12.4 Å². The minimum Gasteiger partial charge on any atom is -0.384 e. The summed E-state index contributed by atoms with van der Waals surface area (Å²) < 4.78 is 0. The van der Waals surface area contributed by atoms with Crippen LogP contribution in [0.4, 0.5) is 11.6 Å². The molecule has 1 aromatic heterocycles. The number of hydrogen-bond acceptors (Lipinski definition) is 4. The first-order valence-corrected chi connectivity index (χ1v) is 6.08. The van der Waals surface area contributed by atoms with Crippen LogP contribution in [-0.4, -0.2) is 23.1 Å². The molecule has 1 aliphatic carbocycles. The fourth-order valence-corrected chi connectivity index (χ4v) is 2.39. The molecule has 0 unspecified atom stereocenters. The van der Waals surface area contributed by atoms with Gasteiger partial charge in [0.1, 0.15) is 18.0 Å². The molecule has 1 heterocycles. The van der Waals surface area contributed by atoms with Crippen LogP contribution in [0.3, 0.4) is 0 Å². The molecule has 88 valence electrons. The van der Waals surface area contributed by atoms with Gasteiger partial charge in [0.05, 0.1) is 0 Å². The van der Waals surface area contributed by atoms with Crippen molar-refractivity contribution < 1.29 is 0 Å². The van der Waals surface area contributed by atoms with Crippen LogP contribution < -0.4 is 10.6 Å². The van der Waals surface area contributed by atoms with Crippen molar-refractivity contribution in [2.45, 2.75) is 44.6 Å². The third kappa shape index (κ3) is 2.62. The first-order chi connectivity index (χ1) is 7.77. The molecule has 1 aliphatic rings. The SMILES string of the molecule is CN(c1cc(N)ncn1)C1CCCCCC1. The van der Waals surface area contributed by atoms with E-state index in [1.54, 1.807) is 0 Å². The Morgan fingerprint density at radius 1 is 1.19 bits per heavy atom. The maximum absolute atomic E-state index is 5.68. The zero-order valence-corrected chi connectivity index (χ0v) is 9.89. The van der Waals surface area contributed by atoms with Gasteiger partial charge < -0.3 is 10.6 Å². The molecule has 4 heteroatoms. The van der Waals surface area contributed by atoms with Crippen LogP contribution in [0.5, 0.6) is 0 Å². The third-order valence-corrected chi connectivity index (χ3v) is 3.41. The Hall–Kier alpha value is -1.32. The highest BCUT2D eigenvalue weighted by molar-refractivity contribution is 5.45. The maximum Gasteiger partial charge on any atom is 0.134 e. The normalized spacial score (nSPS) is 18.1. The highest BCUT2D eigenvalue weighted by Crippen LogP contribution is 2.24. The number of nitrogens with zero attached hydrogens (tertiary/aromatic N) is 3. The molecule has 0 spiro atoms. The molecule has 0 saturated heterocycles. The van der Waals surface area contributed by atoms with Crippen LogP contribution in [0.25, 0.3) is 0 Å². The van der Waals surface area contributed by atoms with E-state index in [1.807, 2.05) is 6.07 Å². The van der Waals surface area contributed by atoms with E-state index in [-0.39, 0.29) is 0 Å². The topological polar surface area (TPSA) is 55.0 Å². The Labute approximate surface area is 96.9 Å². The molecule has 0 radical (unpaired) electrons. The number of nitrogen functional groups attached to an aromatic ring is 1. The van der Waals surface area contributed by atoms with Crippen LogP contribution in [0.1, 0.15) is 38.5 Å². The monoisotopic (exact) mass is 220 g/mol. The van der Waals surface area contributed by atoms with Crippen LogP contribution in [0, 0.1) is 0 Å². The van der Waals surface area contributed by atoms with E-state index < -0.39 is 0 Å². The van der Waals surface area contributed by atoms with Crippen molar-refractivity contribution in [1.29, 1.82) is 0 Å². The summed E-state index contributed by atoms with van der Waals surface area (Å²) in [5.41, 5.74) is 5.68. The first kappa shape index (κ1) is 11.2. The molecule has 1 fully saturated rings. The average Bonchev–Trinajstić information content (AvgIpc) is 2.56. The van der Waals surface area contributed by atoms with Crippen molar-refractivity contribution in [3.63, 3.8) is 0 Å². The number of hydrogen-bond donors (Lipinski definition) is 1. The molecular formula is C12H20N4. The highest BCUT2D eigenvalue weighted by atomic mass is 15.2. The molecule has 0 bridgehead atoms. The lowest BCUT2D eigenvalue weighted by Crippen LogP contribution is -2.31. The Balaban J connectivity index is 2.07. The van der Waals surface area contributed by atoms with Gasteiger partial charge in [0.25, 0.3) is 0 Å². The van der Waals surface area contributed by atoms with E-state index in [4.69, 9.17) is 5.73 Å². The van der Waals surface area contributed by atoms with Gasteiger partial charge in [0.2, 0.25) is 0 Å². The van der Waals surface area contributed by atoms with E-state index in [1.165, 1.54) is 44.9 Å². The standard InChI is InChI=1S/C12H20N4/c1-16(10-6-4-2-3-5-7-10)12-8-11(13)14-9-15-12/h8-10H,2-7H2,1H3,(H2,13,14,15). The number of nitrogens with two attached hydrogens (primary N) is 1. The summed E-state index contributed by atoms with van der Waals surface area (Å²) in [7, 11) is 2.11. The molecule has 0 atom stereocenters. The largest absolute Gasteiger partial charge is 0.384 e. The minimum atomic E-state index is 0.547. The zero-order valence-electron chi connectivity index (χ0n) is 9.89. The summed E-state index contributed by atoms with van der Waals surface area (Å²) in [4.78, 5) is 10.5. The molecule has 1 saturated carbocycles. The van der Waals surface area contributed by atoms with Crippen molar-refractivity contribution >= 4 is 11.6 Å². The van der Waals surface area contributed by atoms with Gasteiger partial charge in [-0.2, -0.15) is 0 Å². The fraction of sp³-hybridized carbons (Fsp3) is 0.667. The Bertz CT molecular complexity index is 332. The summed E-state index contributed by atoms with van der Waals surface area (Å²) in [6.45, 7) is 0. The lowest BCUT2D eigenvalue weighted by molar-refractivity contribution is 0.549. The molecule has 16 heavy (non-hydrogen) atoms. The van der Waals surface area contributed by atoms with Crippen molar-refractivity contribution in [3.8, 4) is 0 Å². The second-order valence-electron chi connectivity index (χ2n) is 4.56. The summed E-state index contributed by atoms with van der Waals surface area (Å²) in [6.07, 6.45) is 9.47. The molecule has 4 nitrogen and oxygen atoms in total. The quantitative estimate of drug-likeness (QED) is 0.776. The molecule has 2 rings (SSSR count). The average molecular weight is 220 g/mol. The molecule has 0 aliphatic heterocycles. The minimum absolute atomic E-state index is 0.547. The Kier molecular flexibility index (Phi) is 3.59. The summed E-state index contributed by atoms with van der Waals surface area (Å²) >= 11 is 0. The van der Waals surface area contributed by atoms with Gasteiger partial charge in [-0.25, -0.2) is 9.97 Å². The second kappa shape index (κ2) is 5.14. The fourth-order valence-electron chi connectivity index (χ4n) is 2.39. The van der Waals surface area contributed by atoms with E-state index >= 15 is 0 Å². The Morgan fingerprint density at radius 3 is 2.50 bits per heavy atom. The van der Waals surface area contributed by atoms with Crippen LogP contribution in [-0.2, 0) is 0 Å². The molecular weight excluding hydrogens is 200 g/mol. The second-order valence-corrected chi connectivity index (χ2v) is 4.56. The third-order valence-electron chi connectivity index (χ3n) is 3.41. The number of rotatable bonds is 2. The van der Waals surface area contributed by atoms with Gasteiger partial charge in [0.15, 0.2) is 0 Å². The summed E-state index contributed by atoms with van der Waals surface area (Å²) in [5.74, 6) is 1.49. The van der Waals surface area contributed by atoms with Gasteiger partial charge in [-0.3, -0.25) is 0 Å². The highest BCUT2D eigenvalue weighted by Gasteiger charge is 2.18. The zero-order chi connectivity index (χ0) is 11.4. The Morgan fingerprint density at radius 2 is 1.88 bits per heavy atom. The van der Waals surface area contributed by atoms with Crippen LogP contribution in [0.2, 0.25) is 0 Å². The maximum atomic E-state index is 5.68. The van der Waals surface area contributed by atoms with Gasteiger partial charge >= 0.3 is 0 Å².